The Morgan fingerprint density at radius 3 is 1.74 bits per heavy atom. The van der Waals surface area contributed by atoms with Crippen LogP contribution in [-0.2, 0) is 0 Å². The third kappa shape index (κ3) is 5.53. The van der Waals surface area contributed by atoms with Gasteiger partial charge in [-0.3, -0.25) is 0 Å². The Labute approximate surface area is 291 Å². The molecule has 236 valence electrons. The summed E-state index contributed by atoms with van der Waals surface area (Å²) < 4.78 is 0. The van der Waals surface area contributed by atoms with E-state index in [2.05, 4.69) is 145 Å². The van der Waals surface area contributed by atoms with Crippen LogP contribution < -0.4 is 5.32 Å². The predicted octanol–water partition coefficient (Wildman–Crippen LogP) is 10.9. The number of amidine groups is 2. The molecule has 0 saturated carbocycles. The van der Waals surface area contributed by atoms with Crippen LogP contribution in [0.2, 0.25) is 0 Å². The molecule has 4 nitrogen and oxygen atoms in total. The minimum absolute atomic E-state index is 0.237. The van der Waals surface area contributed by atoms with E-state index in [1.54, 1.807) is 0 Å². The highest BCUT2D eigenvalue weighted by Crippen LogP contribution is 2.40. The number of benzene rings is 7. The van der Waals surface area contributed by atoms with Gasteiger partial charge in [0.25, 0.3) is 0 Å². The molecule has 0 amide bonds. The summed E-state index contributed by atoms with van der Waals surface area (Å²) >= 11 is 0. The summed E-state index contributed by atoms with van der Waals surface area (Å²) in [4.78, 5) is 15.2. The van der Waals surface area contributed by atoms with Gasteiger partial charge in [0.1, 0.15) is 12.0 Å². The van der Waals surface area contributed by atoms with Crippen molar-refractivity contribution in [2.24, 2.45) is 9.98 Å². The van der Waals surface area contributed by atoms with Gasteiger partial charge in [0.15, 0.2) is 5.84 Å². The lowest BCUT2D eigenvalue weighted by molar-refractivity contribution is 0.674. The van der Waals surface area contributed by atoms with Crippen molar-refractivity contribution in [2.75, 3.05) is 0 Å². The molecule has 1 N–H and O–H groups in total. The molecular weight excluding hydrogens is 609 g/mol. The number of aromatic nitrogens is 1. The molecule has 1 atom stereocenters. The maximum atomic E-state index is 5.25. The first kappa shape index (κ1) is 29.5. The van der Waals surface area contributed by atoms with Crippen molar-refractivity contribution < 1.29 is 0 Å². The first-order valence-corrected chi connectivity index (χ1v) is 16.9. The quantitative estimate of drug-likeness (QED) is 0.184. The predicted molar refractivity (Wildman–Crippen MR) is 207 cm³/mol. The molecule has 50 heavy (non-hydrogen) atoms. The van der Waals surface area contributed by atoms with Crippen LogP contribution >= 0.6 is 0 Å². The Bertz CT molecular complexity index is 2530. The van der Waals surface area contributed by atoms with Crippen LogP contribution in [0.15, 0.2) is 192 Å². The number of nitrogens with zero attached hydrogens (tertiary/aromatic N) is 3. The first-order chi connectivity index (χ1) is 24.8. The van der Waals surface area contributed by atoms with Gasteiger partial charge < -0.3 is 5.32 Å². The molecule has 0 aliphatic carbocycles. The van der Waals surface area contributed by atoms with E-state index in [4.69, 9.17) is 15.0 Å². The van der Waals surface area contributed by atoms with E-state index in [1.165, 1.54) is 16.5 Å². The van der Waals surface area contributed by atoms with E-state index in [9.17, 15) is 0 Å². The van der Waals surface area contributed by atoms with Crippen LogP contribution in [0.25, 0.3) is 55.2 Å². The minimum Gasteiger partial charge on any atom is -0.344 e. The van der Waals surface area contributed by atoms with Gasteiger partial charge in [0.05, 0.1) is 11.2 Å². The second-order valence-electron chi connectivity index (χ2n) is 12.5. The average Bonchev–Trinajstić information content (AvgIpc) is 3.21. The Balaban J connectivity index is 1.14. The molecule has 0 saturated heterocycles. The van der Waals surface area contributed by atoms with Crippen LogP contribution in [0.3, 0.4) is 0 Å². The zero-order valence-electron chi connectivity index (χ0n) is 27.2. The summed E-state index contributed by atoms with van der Waals surface area (Å²) in [7, 11) is 0. The van der Waals surface area contributed by atoms with Crippen molar-refractivity contribution in [3.63, 3.8) is 0 Å². The second-order valence-corrected chi connectivity index (χ2v) is 12.5. The summed E-state index contributed by atoms with van der Waals surface area (Å²) in [5, 5.41) is 7.07. The van der Waals surface area contributed by atoms with Gasteiger partial charge in [0.2, 0.25) is 0 Å². The lowest BCUT2D eigenvalue weighted by Gasteiger charge is -2.23. The Hall–Kier alpha value is -6.65. The molecule has 0 bridgehead atoms. The fraction of sp³-hybridized carbons (Fsp3) is 0.0217. The van der Waals surface area contributed by atoms with E-state index in [1.807, 2.05) is 42.5 Å². The monoisotopic (exact) mass is 640 g/mol. The van der Waals surface area contributed by atoms with Crippen molar-refractivity contribution in [1.82, 2.24) is 10.3 Å². The van der Waals surface area contributed by atoms with Gasteiger partial charge in [-0.15, -0.1) is 0 Å². The number of nitrogens with one attached hydrogen (secondary N) is 1. The zero-order valence-corrected chi connectivity index (χ0v) is 27.2. The zero-order chi connectivity index (χ0) is 33.3. The maximum Gasteiger partial charge on any atom is 0.159 e. The fourth-order valence-corrected chi connectivity index (χ4v) is 6.85. The average molecular weight is 641 g/mol. The molecule has 0 fully saturated rings. The third-order valence-corrected chi connectivity index (χ3v) is 9.33. The van der Waals surface area contributed by atoms with Crippen molar-refractivity contribution in [2.45, 2.75) is 6.17 Å². The third-order valence-electron chi connectivity index (χ3n) is 9.33. The van der Waals surface area contributed by atoms with Crippen molar-refractivity contribution in [1.29, 1.82) is 0 Å². The first-order valence-electron chi connectivity index (χ1n) is 16.9. The minimum atomic E-state index is -0.237. The molecule has 2 heterocycles. The van der Waals surface area contributed by atoms with Gasteiger partial charge >= 0.3 is 0 Å². The lowest BCUT2D eigenvalue weighted by atomic mass is 9.91. The van der Waals surface area contributed by atoms with Gasteiger partial charge in [-0.2, -0.15) is 0 Å². The van der Waals surface area contributed by atoms with Crippen LogP contribution in [0.4, 0.5) is 0 Å². The van der Waals surface area contributed by atoms with Gasteiger partial charge in [0, 0.05) is 32.8 Å². The Morgan fingerprint density at radius 1 is 0.440 bits per heavy atom. The fourth-order valence-electron chi connectivity index (χ4n) is 6.85. The van der Waals surface area contributed by atoms with Crippen molar-refractivity contribution in [3.05, 3.63) is 199 Å². The number of hydrogen-bond donors (Lipinski definition) is 1. The van der Waals surface area contributed by atoms with E-state index in [0.717, 1.165) is 67.0 Å². The van der Waals surface area contributed by atoms with Crippen LogP contribution in [0.1, 0.15) is 22.9 Å². The molecule has 1 aromatic heterocycles. The molecule has 0 radical (unpaired) electrons. The number of aliphatic imine (C=N–C) groups is 2. The van der Waals surface area contributed by atoms with E-state index >= 15 is 0 Å². The summed E-state index contributed by atoms with van der Waals surface area (Å²) in [6, 6.07) is 63.4. The van der Waals surface area contributed by atoms with Crippen molar-refractivity contribution in [3.8, 4) is 33.5 Å². The highest BCUT2D eigenvalue weighted by atomic mass is 15.2. The molecule has 9 rings (SSSR count). The topological polar surface area (TPSA) is 49.6 Å². The lowest BCUT2D eigenvalue weighted by Crippen LogP contribution is -2.33. The molecule has 4 heteroatoms. The summed E-state index contributed by atoms with van der Waals surface area (Å²) in [6.07, 6.45) is -0.237. The molecular formula is C46H32N4. The van der Waals surface area contributed by atoms with Gasteiger partial charge in [-0.1, -0.05) is 170 Å². The molecule has 0 spiro atoms. The summed E-state index contributed by atoms with van der Waals surface area (Å²) in [5.41, 5.74) is 10.8. The van der Waals surface area contributed by atoms with Crippen molar-refractivity contribution >= 4 is 33.3 Å². The maximum absolute atomic E-state index is 5.25. The van der Waals surface area contributed by atoms with Crippen LogP contribution in [0.5, 0.6) is 0 Å². The largest absolute Gasteiger partial charge is 0.344 e. The molecule has 7 aromatic carbocycles. The summed E-state index contributed by atoms with van der Waals surface area (Å²) in [6.45, 7) is 0. The standard InChI is InChI=1S/C46H32N4/c1-5-14-32(15-6-1)38-22-13-23-39-42(38)40-30-37(28-29-41(40)47-43(39)33-16-7-2-8-17-33)31-24-26-36(27-25-31)46-49-44(34-18-9-3-10-19-34)48-45(50-46)35-20-11-4-12-21-35/h1-30,44H,(H,48,49,50). The van der Waals surface area contributed by atoms with Gasteiger partial charge in [-0.05, 0) is 39.9 Å². The molecule has 8 aromatic rings. The highest BCUT2D eigenvalue weighted by Gasteiger charge is 2.21. The SMILES string of the molecule is c1ccc(C2=NC(c3ccccc3)NC(c3ccc(-c4ccc5nc(-c6ccccc6)c6cccc(-c7ccccc7)c6c5c4)cc3)=N2)cc1. The van der Waals surface area contributed by atoms with E-state index in [-0.39, 0.29) is 6.17 Å². The number of hydrogen-bond acceptors (Lipinski definition) is 4. The van der Waals surface area contributed by atoms with Crippen LogP contribution in [0, 0.1) is 0 Å². The molecule has 1 aliphatic heterocycles. The normalized spacial score (nSPS) is 14.2. The second kappa shape index (κ2) is 12.8. The Kier molecular flexibility index (Phi) is 7.52. The van der Waals surface area contributed by atoms with E-state index in [0.29, 0.717) is 0 Å². The number of pyridine rings is 1. The van der Waals surface area contributed by atoms with E-state index < -0.39 is 0 Å². The highest BCUT2D eigenvalue weighted by molar-refractivity contribution is 6.18. The summed E-state index contributed by atoms with van der Waals surface area (Å²) in [5.74, 6) is 1.52. The Morgan fingerprint density at radius 2 is 1.04 bits per heavy atom. The van der Waals surface area contributed by atoms with Gasteiger partial charge in [-0.25, -0.2) is 15.0 Å². The number of fused-ring (bicyclic) bond motifs is 3. The molecule has 1 aliphatic rings. The van der Waals surface area contributed by atoms with Crippen LogP contribution in [-0.4, -0.2) is 16.7 Å². The molecule has 1 unspecified atom stereocenters. The smallest absolute Gasteiger partial charge is 0.159 e. The number of rotatable bonds is 6.